The maximum atomic E-state index is 12.1. The van der Waals surface area contributed by atoms with Gasteiger partial charge < -0.3 is 20.9 Å². The van der Waals surface area contributed by atoms with Crippen molar-refractivity contribution in [3.05, 3.63) is 36.4 Å². The number of nitrogens with two attached hydrogens (primary N) is 1. The second-order valence-corrected chi connectivity index (χ2v) is 4.89. The number of nitrogens with one attached hydrogen (secondary N) is 1. The maximum Gasteiger partial charge on any atom is 0.303 e. The molecule has 0 fully saturated rings. The van der Waals surface area contributed by atoms with Crippen LogP contribution in [-0.4, -0.2) is 30.1 Å². The van der Waals surface area contributed by atoms with E-state index < -0.39 is 17.9 Å². The van der Waals surface area contributed by atoms with Crippen LogP contribution in [0.5, 0.6) is 5.75 Å². The number of rotatable bonds is 6. The third-order valence-corrected chi connectivity index (χ3v) is 3.37. The molecule has 0 saturated carbocycles. The summed E-state index contributed by atoms with van der Waals surface area (Å²) in [5.74, 6) is -0.668. The van der Waals surface area contributed by atoms with Crippen LogP contribution >= 0.6 is 0 Å². The number of amides is 1. The first-order valence-corrected chi connectivity index (χ1v) is 6.87. The van der Waals surface area contributed by atoms with Crippen molar-refractivity contribution in [2.45, 2.75) is 18.9 Å². The highest BCUT2D eigenvalue weighted by atomic mass is 16.5. The fraction of sp³-hybridized carbons (Fsp3) is 0.250. The second-order valence-electron chi connectivity index (χ2n) is 4.89. The van der Waals surface area contributed by atoms with E-state index in [-0.39, 0.29) is 12.8 Å². The van der Waals surface area contributed by atoms with Gasteiger partial charge >= 0.3 is 5.97 Å². The Morgan fingerprint density at radius 2 is 1.91 bits per heavy atom. The molecule has 0 bridgehead atoms. The third kappa shape index (κ3) is 3.53. The molecule has 1 atom stereocenters. The molecule has 0 unspecified atom stereocenters. The standard InChI is InChI=1S/C16H18N2O4/c1-22-14-8-7-13(10-4-2-3-5-11(10)14)18-16(21)12(17)6-9-15(19)20/h2-5,7-8,12H,6,9,17H2,1H3,(H,18,21)(H,19,20)/t12-/m0/s1. The van der Waals surface area contributed by atoms with E-state index in [2.05, 4.69) is 5.32 Å². The molecule has 0 aliphatic carbocycles. The lowest BCUT2D eigenvalue weighted by Gasteiger charge is -2.14. The highest BCUT2D eigenvalue weighted by Gasteiger charge is 2.16. The van der Waals surface area contributed by atoms with Crippen LogP contribution in [0.15, 0.2) is 36.4 Å². The van der Waals surface area contributed by atoms with Gasteiger partial charge in [-0.3, -0.25) is 9.59 Å². The Morgan fingerprint density at radius 1 is 1.23 bits per heavy atom. The number of carboxylic acid groups (broad SMARTS) is 1. The van der Waals surface area contributed by atoms with Gasteiger partial charge in [0.1, 0.15) is 5.75 Å². The number of methoxy groups -OCH3 is 1. The van der Waals surface area contributed by atoms with Crippen molar-refractivity contribution in [2.24, 2.45) is 5.73 Å². The van der Waals surface area contributed by atoms with Crippen molar-refractivity contribution in [3.63, 3.8) is 0 Å². The van der Waals surface area contributed by atoms with E-state index in [1.54, 1.807) is 19.2 Å². The molecule has 2 rings (SSSR count). The van der Waals surface area contributed by atoms with Gasteiger partial charge in [-0.1, -0.05) is 24.3 Å². The van der Waals surface area contributed by atoms with Crippen LogP contribution in [-0.2, 0) is 9.59 Å². The molecular formula is C16H18N2O4. The first kappa shape index (κ1) is 15.8. The summed E-state index contributed by atoms with van der Waals surface area (Å²) in [6.07, 6.45) is -0.0484. The Labute approximate surface area is 127 Å². The zero-order chi connectivity index (χ0) is 16.1. The van der Waals surface area contributed by atoms with Gasteiger partial charge in [-0.2, -0.15) is 0 Å². The topological polar surface area (TPSA) is 102 Å². The summed E-state index contributed by atoms with van der Waals surface area (Å²) in [6, 6.07) is 10.2. The molecule has 6 heteroatoms. The van der Waals surface area contributed by atoms with Gasteiger partial charge in [0.05, 0.1) is 13.2 Å². The van der Waals surface area contributed by atoms with Crippen molar-refractivity contribution in [1.29, 1.82) is 0 Å². The molecule has 0 heterocycles. The Kier molecular flexibility index (Phi) is 4.95. The first-order valence-electron chi connectivity index (χ1n) is 6.87. The summed E-state index contributed by atoms with van der Waals surface area (Å²) >= 11 is 0. The number of carbonyl (C=O) groups is 2. The molecule has 0 aliphatic rings. The number of anilines is 1. The van der Waals surface area contributed by atoms with E-state index in [4.69, 9.17) is 15.6 Å². The van der Waals surface area contributed by atoms with Crippen molar-refractivity contribution in [3.8, 4) is 5.75 Å². The normalized spacial score (nSPS) is 11.9. The van der Waals surface area contributed by atoms with E-state index in [0.29, 0.717) is 11.4 Å². The van der Waals surface area contributed by atoms with Crippen LogP contribution in [0.1, 0.15) is 12.8 Å². The van der Waals surface area contributed by atoms with Gasteiger partial charge in [-0.05, 0) is 18.6 Å². The summed E-state index contributed by atoms with van der Waals surface area (Å²) < 4.78 is 5.30. The van der Waals surface area contributed by atoms with Crippen LogP contribution in [0, 0.1) is 0 Å². The van der Waals surface area contributed by atoms with Crippen LogP contribution in [0.3, 0.4) is 0 Å². The highest BCUT2D eigenvalue weighted by molar-refractivity contribution is 6.05. The molecule has 0 radical (unpaired) electrons. The van der Waals surface area contributed by atoms with E-state index in [1.807, 2.05) is 24.3 Å². The summed E-state index contributed by atoms with van der Waals surface area (Å²) in [7, 11) is 1.59. The lowest BCUT2D eigenvalue weighted by atomic mass is 10.1. The molecule has 0 spiro atoms. The number of fused-ring (bicyclic) bond motifs is 1. The molecule has 22 heavy (non-hydrogen) atoms. The van der Waals surface area contributed by atoms with Crippen molar-refractivity contribution < 1.29 is 19.4 Å². The molecule has 0 aliphatic heterocycles. The van der Waals surface area contributed by atoms with E-state index in [1.165, 1.54) is 0 Å². The smallest absolute Gasteiger partial charge is 0.303 e. The number of aliphatic carboxylic acids is 1. The lowest BCUT2D eigenvalue weighted by molar-refractivity contribution is -0.137. The average Bonchev–Trinajstić information content (AvgIpc) is 2.52. The highest BCUT2D eigenvalue weighted by Crippen LogP contribution is 2.31. The van der Waals surface area contributed by atoms with Crippen LogP contribution in [0.4, 0.5) is 5.69 Å². The van der Waals surface area contributed by atoms with Gasteiger partial charge in [0, 0.05) is 22.9 Å². The summed E-state index contributed by atoms with van der Waals surface area (Å²) in [4.78, 5) is 22.6. The van der Waals surface area contributed by atoms with Gasteiger partial charge in [0.25, 0.3) is 0 Å². The van der Waals surface area contributed by atoms with Crippen LogP contribution in [0.2, 0.25) is 0 Å². The lowest BCUT2D eigenvalue weighted by Crippen LogP contribution is -2.36. The summed E-state index contributed by atoms with van der Waals surface area (Å²) in [6.45, 7) is 0. The largest absolute Gasteiger partial charge is 0.496 e. The zero-order valence-corrected chi connectivity index (χ0v) is 12.2. The number of carboxylic acids is 1. The predicted molar refractivity (Wildman–Crippen MR) is 84.0 cm³/mol. The Bertz CT molecular complexity index is 700. The van der Waals surface area contributed by atoms with Crippen LogP contribution < -0.4 is 15.8 Å². The number of benzene rings is 2. The molecule has 1 amide bonds. The minimum Gasteiger partial charge on any atom is -0.496 e. The molecule has 116 valence electrons. The Hall–Kier alpha value is -2.60. The first-order chi connectivity index (χ1) is 10.5. The fourth-order valence-corrected chi connectivity index (χ4v) is 2.19. The summed E-state index contributed by atoms with van der Waals surface area (Å²) in [5, 5.41) is 13.1. The zero-order valence-electron chi connectivity index (χ0n) is 12.2. The molecule has 6 nitrogen and oxygen atoms in total. The van der Waals surface area contributed by atoms with Gasteiger partial charge in [-0.25, -0.2) is 0 Å². The molecule has 4 N–H and O–H groups in total. The van der Waals surface area contributed by atoms with Gasteiger partial charge in [-0.15, -0.1) is 0 Å². The number of ether oxygens (including phenoxy) is 1. The Balaban J connectivity index is 2.21. The molecule has 2 aromatic carbocycles. The molecule has 0 saturated heterocycles. The maximum absolute atomic E-state index is 12.1. The monoisotopic (exact) mass is 302 g/mol. The van der Waals surface area contributed by atoms with E-state index in [0.717, 1.165) is 10.8 Å². The van der Waals surface area contributed by atoms with E-state index in [9.17, 15) is 9.59 Å². The van der Waals surface area contributed by atoms with Crippen molar-refractivity contribution in [1.82, 2.24) is 0 Å². The SMILES string of the molecule is COc1ccc(NC(=O)[C@@H](N)CCC(=O)O)c2ccccc12. The average molecular weight is 302 g/mol. The van der Waals surface area contributed by atoms with Crippen molar-refractivity contribution in [2.75, 3.05) is 12.4 Å². The Morgan fingerprint density at radius 3 is 2.55 bits per heavy atom. The number of hydrogen-bond acceptors (Lipinski definition) is 4. The molecule has 0 aromatic heterocycles. The fourth-order valence-electron chi connectivity index (χ4n) is 2.19. The molecule has 2 aromatic rings. The van der Waals surface area contributed by atoms with Gasteiger partial charge in [0.15, 0.2) is 0 Å². The minimum absolute atomic E-state index is 0.0925. The minimum atomic E-state index is -0.974. The van der Waals surface area contributed by atoms with Crippen LogP contribution in [0.25, 0.3) is 10.8 Å². The van der Waals surface area contributed by atoms with E-state index >= 15 is 0 Å². The third-order valence-electron chi connectivity index (χ3n) is 3.37. The molecular weight excluding hydrogens is 284 g/mol. The second kappa shape index (κ2) is 6.91. The number of carbonyl (C=O) groups excluding carboxylic acids is 1. The van der Waals surface area contributed by atoms with Gasteiger partial charge in [0.2, 0.25) is 5.91 Å². The predicted octanol–water partition coefficient (Wildman–Crippen LogP) is 1.98. The number of hydrogen-bond donors (Lipinski definition) is 3. The quantitative estimate of drug-likeness (QED) is 0.757. The summed E-state index contributed by atoms with van der Waals surface area (Å²) in [5.41, 5.74) is 6.33. The van der Waals surface area contributed by atoms with Crippen molar-refractivity contribution >= 4 is 28.3 Å².